The van der Waals surface area contributed by atoms with Crippen molar-refractivity contribution < 1.29 is 9.52 Å². The number of nitrogens with one attached hydrogen (secondary N) is 1. The van der Waals surface area contributed by atoms with E-state index in [1.54, 1.807) is 0 Å². The Morgan fingerprint density at radius 1 is 1.39 bits per heavy atom. The second-order valence-electron chi connectivity index (χ2n) is 6.83. The Hall–Kier alpha value is -1.17. The topological polar surface area (TPSA) is 58.3 Å². The van der Waals surface area contributed by atoms with Gasteiger partial charge in [0.15, 0.2) is 0 Å². The Bertz CT molecular complexity index is 664. The van der Waals surface area contributed by atoms with Crippen LogP contribution in [0, 0.1) is 13.8 Å². The van der Waals surface area contributed by atoms with Crippen LogP contribution < -0.4 is 5.32 Å². The zero-order valence-corrected chi connectivity index (χ0v) is 15.2. The quantitative estimate of drug-likeness (QED) is 0.873. The molecule has 2 atom stereocenters. The molecule has 0 radical (unpaired) electrons. The number of furan rings is 1. The largest absolute Gasteiger partial charge is 0.466 e. The van der Waals surface area contributed by atoms with Gasteiger partial charge in [-0.3, -0.25) is 0 Å². The third-order valence-electron chi connectivity index (χ3n) is 4.61. The molecule has 0 bridgehead atoms. The first-order valence-corrected chi connectivity index (χ1v) is 9.20. The monoisotopic (exact) mass is 334 g/mol. The van der Waals surface area contributed by atoms with Crippen LogP contribution in [0.3, 0.4) is 0 Å². The predicted octanol–water partition coefficient (Wildman–Crippen LogP) is 3.79. The van der Waals surface area contributed by atoms with Crippen LogP contribution >= 0.6 is 11.3 Å². The van der Waals surface area contributed by atoms with Crippen LogP contribution in [-0.2, 0) is 18.4 Å². The molecule has 3 rings (SSSR count). The van der Waals surface area contributed by atoms with E-state index in [1.807, 2.05) is 38.2 Å². The number of nitrogens with zero attached hydrogens (tertiary/aromatic N) is 1. The predicted molar refractivity (Wildman–Crippen MR) is 92.9 cm³/mol. The van der Waals surface area contributed by atoms with Gasteiger partial charge in [0.05, 0.1) is 11.7 Å². The van der Waals surface area contributed by atoms with Gasteiger partial charge in [0.1, 0.15) is 22.1 Å². The highest BCUT2D eigenvalue weighted by molar-refractivity contribution is 7.11. The molecule has 4 nitrogen and oxygen atoms in total. The summed E-state index contributed by atoms with van der Waals surface area (Å²) in [6.45, 7) is 8.22. The van der Waals surface area contributed by atoms with Gasteiger partial charge < -0.3 is 14.8 Å². The van der Waals surface area contributed by atoms with Gasteiger partial charge in [-0.05, 0) is 59.4 Å². The number of aromatic nitrogens is 1. The van der Waals surface area contributed by atoms with Crippen LogP contribution in [0.25, 0.3) is 0 Å². The molecule has 126 valence electrons. The number of aliphatic hydroxyl groups is 1. The van der Waals surface area contributed by atoms with Gasteiger partial charge in [0, 0.05) is 17.0 Å². The van der Waals surface area contributed by atoms with E-state index in [1.165, 1.54) is 29.8 Å². The molecule has 0 amide bonds. The maximum atomic E-state index is 10.8. The SMILES string of the molecule is Cc1cc(C(C)(O)CNC(C)c2nc3c(s2)CCCC3)c(C)o1. The summed E-state index contributed by atoms with van der Waals surface area (Å²) < 4.78 is 5.55. The van der Waals surface area contributed by atoms with Crippen molar-refractivity contribution in [1.29, 1.82) is 0 Å². The van der Waals surface area contributed by atoms with Crippen molar-refractivity contribution in [3.63, 3.8) is 0 Å². The molecular weight excluding hydrogens is 308 g/mol. The molecule has 1 aliphatic carbocycles. The third-order valence-corrected chi connectivity index (χ3v) is 5.95. The fourth-order valence-corrected chi connectivity index (χ4v) is 4.44. The normalized spacial score (nSPS) is 18.5. The van der Waals surface area contributed by atoms with E-state index in [0.717, 1.165) is 28.5 Å². The van der Waals surface area contributed by atoms with E-state index in [2.05, 4.69) is 12.2 Å². The lowest BCUT2D eigenvalue weighted by Gasteiger charge is -2.25. The van der Waals surface area contributed by atoms with Crippen LogP contribution in [0.1, 0.15) is 65.4 Å². The summed E-state index contributed by atoms with van der Waals surface area (Å²) in [7, 11) is 0. The van der Waals surface area contributed by atoms with Crippen molar-refractivity contribution in [2.45, 2.75) is 65.0 Å². The first-order chi connectivity index (χ1) is 10.9. The van der Waals surface area contributed by atoms with Gasteiger partial charge in [-0.1, -0.05) is 0 Å². The van der Waals surface area contributed by atoms with Gasteiger partial charge in [-0.2, -0.15) is 0 Å². The van der Waals surface area contributed by atoms with Gasteiger partial charge >= 0.3 is 0 Å². The van der Waals surface area contributed by atoms with E-state index in [-0.39, 0.29) is 6.04 Å². The molecule has 2 heterocycles. The second kappa shape index (κ2) is 6.38. The van der Waals surface area contributed by atoms with Crippen molar-refractivity contribution in [3.05, 3.63) is 38.7 Å². The summed E-state index contributed by atoms with van der Waals surface area (Å²) >= 11 is 1.82. The fourth-order valence-electron chi connectivity index (χ4n) is 3.26. The Balaban J connectivity index is 1.67. The Kier molecular flexibility index (Phi) is 4.63. The summed E-state index contributed by atoms with van der Waals surface area (Å²) in [6.07, 6.45) is 4.82. The standard InChI is InChI=1S/C18H26N2O2S/c1-11-9-14(13(3)22-11)18(4,21)10-19-12(2)17-20-15-7-5-6-8-16(15)23-17/h9,12,19,21H,5-8,10H2,1-4H3. The van der Waals surface area contributed by atoms with Crippen molar-refractivity contribution in [2.75, 3.05) is 6.54 Å². The Morgan fingerprint density at radius 2 is 2.13 bits per heavy atom. The van der Waals surface area contributed by atoms with Gasteiger partial charge in [0.25, 0.3) is 0 Å². The van der Waals surface area contributed by atoms with Crippen LogP contribution in [-0.4, -0.2) is 16.6 Å². The molecule has 23 heavy (non-hydrogen) atoms. The first-order valence-electron chi connectivity index (χ1n) is 8.38. The van der Waals surface area contributed by atoms with E-state index >= 15 is 0 Å². The number of aryl methyl sites for hydroxylation is 4. The van der Waals surface area contributed by atoms with Crippen LogP contribution in [0.2, 0.25) is 0 Å². The van der Waals surface area contributed by atoms with Crippen molar-refractivity contribution in [3.8, 4) is 0 Å². The highest BCUT2D eigenvalue weighted by atomic mass is 32.1. The van der Waals surface area contributed by atoms with E-state index in [0.29, 0.717) is 6.54 Å². The summed E-state index contributed by atoms with van der Waals surface area (Å²) in [5.41, 5.74) is 1.19. The highest BCUT2D eigenvalue weighted by Gasteiger charge is 2.28. The maximum Gasteiger partial charge on any atom is 0.110 e. The van der Waals surface area contributed by atoms with E-state index in [4.69, 9.17) is 9.40 Å². The van der Waals surface area contributed by atoms with Crippen molar-refractivity contribution >= 4 is 11.3 Å². The lowest BCUT2D eigenvalue weighted by Crippen LogP contribution is -2.36. The van der Waals surface area contributed by atoms with Gasteiger partial charge in [-0.25, -0.2) is 4.98 Å². The minimum absolute atomic E-state index is 0.144. The molecule has 0 fully saturated rings. The second-order valence-corrected chi connectivity index (χ2v) is 7.95. The molecule has 2 aromatic rings. The molecule has 0 aliphatic heterocycles. The lowest BCUT2D eigenvalue weighted by atomic mass is 9.96. The fraction of sp³-hybridized carbons (Fsp3) is 0.611. The van der Waals surface area contributed by atoms with Crippen molar-refractivity contribution in [2.24, 2.45) is 0 Å². The molecule has 0 saturated carbocycles. The molecule has 1 aliphatic rings. The maximum absolute atomic E-state index is 10.8. The lowest BCUT2D eigenvalue weighted by molar-refractivity contribution is 0.0529. The summed E-state index contributed by atoms with van der Waals surface area (Å²) in [4.78, 5) is 6.25. The number of hydrogen-bond donors (Lipinski definition) is 2. The van der Waals surface area contributed by atoms with Gasteiger partial charge in [-0.15, -0.1) is 11.3 Å². The third kappa shape index (κ3) is 3.52. The zero-order chi connectivity index (χ0) is 16.6. The summed E-state index contributed by atoms with van der Waals surface area (Å²) in [5.74, 6) is 1.62. The smallest absolute Gasteiger partial charge is 0.110 e. The molecule has 2 N–H and O–H groups in total. The molecule has 2 unspecified atom stereocenters. The number of thiazole rings is 1. The van der Waals surface area contributed by atoms with Gasteiger partial charge in [0.2, 0.25) is 0 Å². The van der Waals surface area contributed by atoms with E-state index in [9.17, 15) is 5.11 Å². The number of rotatable bonds is 5. The Morgan fingerprint density at radius 3 is 2.78 bits per heavy atom. The minimum atomic E-state index is -0.951. The molecule has 0 saturated heterocycles. The van der Waals surface area contributed by atoms with Crippen LogP contribution in [0.5, 0.6) is 0 Å². The first kappa shape index (κ1) is 16.7. The average molecular weight is 334 g/mol. The number of fused-ring (bicyclic) bond motifs is 1. The Labute approximate surface area is 141 Å². The summed E-state index contributed by atoms with van der Waals surface area (Å²) in [5, 5.41) is 15.4. The summed E-state index contributed by atoms with van der Waals surface area (Å²) in [6, 6.07) is 2.06. The molecular formula is C18H26N2O2S. The van der Waals surface area contributed by atoms with E-state index < -0.39 is 5.60 Å². The molecule has 0 aromatic carbocycles. The van der Waals surface area contributed by atoms with Crippen LogP contribution in [0.15, 0.2) is 10.5 Å². The van der Waals surface area contributed by atoms with Crippen LogP contribution in [0.4, 0.5) is 0 Å². The zero-order valence-electron chi connectivity index (χ0n) is 14.4. The molecule has 2 aromatic heterocycles. The highest BCUT2D eigenvalue weighted by Crippen LogP contribution is 2.31. The number of hydrogen-bond acceptors (Lipinski definition) is 5. The minimum Gasteiger partial charge on any atom is -0.466 e. The average Bonchev–Trinajstić information content (AvgIpc) is 3.08. The van der Waals surface area contributed by atoms with Crippen molar-refractivity contribution in [1.82, 2.24) is 10.3 Å². The molecule has 5 heteroatoms. The molecule has 0 spiro atoms.